The monoisotopic (exact) mass is 362 g/mol. The number of carbonyl (C=O) groups is 1. The number of hydrogen-bond acceptors (Lipinski definition) is 6. The fourth-order valence-corrected chi connectivity index (χ4v) is 2.19. The van der Waals surface area contributed by atoms with E-state index in [9.17, 15) is 25.0 Å². The fraction of sp³-hybridized carbons (Fsp3) is 0.0667. The van der Waals surface area contributed by atoms with E-state index in [4.69, 9.17) is 11.6 Å². The molecule has 0 aliphatic heterocycles. The molecule has 128 valence electrons. The Labute approximate surface area is 146 Å². The summed E-state index contributed by atoms with van der Waals surface area (Å²) in [4.78, 5) is 32.4. The molecular formula is C15H11ClN4O5. The van der Waals surface area contributed by atoms with Gasteiger partial charge in [0.25, 0.3) is 17.3 Å². The van der Waals surface area contributed by atoms with Crippen LogP contribution in [0, 0.1) is 27.2 Å². The van der Waals surface area contributed by atoms with Crippen molar-refractivity contribution >= 4 is 35.1 Å². The van der Waals surface area contributed by atoms with Crippen molar-refractivity contribution in [1.82, 2.24) is 5.43 Å². The lowest BCUT2D eigenvalue weighted by atomic mass is 10.1. The quantitative estimate of drug-likeness (QED) is 0.496. The number of rotatable bonds is 5. The van der Waals surface area contributed by atoms with Crippen LogP contribution in [0.5, 0.6) is 0 Å². The highest BCUT2D eigenvalue weighted by atomic mass is 35.5. The van der Waals surface area contributed by atoms with Gasteiger partial charge in [0.2, 0.25) is 0 Å². The zero-order valence-corrected chi connectivity index (χ0v) is 13.6. The SMILES string of the molecule is Cc1ccc(C=NNC(=O)c2ccc([N+](=O)[O-])cc2Cl)cc1[N+](=O)[O-]. The minimum absolute atomic E-state index is 0.0132. The van der Waals surface area contributed by atoms with Gasteiger partial charge in [-0.15, -0.1) is 0 Å². The molecule has 0 unspecified atom stereocenters. The Bertz CT molecular complexity index is 897. The van der Waals surface area contributed by atoms with Crippen LogP contribution < -0.4 is 5.43 Å². The molecule has 9 nitrogen and oxygen atoms in total. The molecule has 2 aromatic carbocycles. The first-order chi connectivity index (χ1) is 11.8. The van der Waals surface area contributed by atoms with Crippen LogP contribution in [0.25, 0.3) is 0 Å². The van der Waals surface area contributed by atoms with Crippen LogP contribution in [-0.2, 0) is 0 Å². The third kappa shape index (κ3) is 4.36. The highest BCUT2D eigenvalue weighted by Gasteiger charge is 2.14. The van der Waals surface area contributed by atoms with Crippen molar-refractivity contribution in [3.63, 3.8) is 0 Å². The van der Waals surface area contributed by atoms with E-state index in [1.54, 1.807) is 19.1 Å². The minimum atomic E-state index is -0.669. The molecule has 2 aromatic rings. The molecule has 1 amide bonds. The lowest BCUT2D eigenvalue weighted by Gasteiger charge is -2.02. The second-order valence-corrected chi connectivity index (χ2v) is 5.33. The summed E-state index contributed by atoms with van der Waals surface area (Å²) in [7, 11) is 0. The van der Waals surface area contributed by atoms with Crippen LogP contribution in [0.2, 0.25) is 5.02 Å². The number of nitrogens with zero attached hydrogens (tertiary/aromatic N) is 3. The number of halogens is 1. The van der Waals surface area contributed by atoms with Crippen LogP contribution >= 0.6 is 11.6 Å². The van der Waals surface area contributed by atoms with Crippen molar-refractivity contribution in [2.24, 2.45) is 5.10 Å². The Morgan fingerprint density at radius 3 is 2.48 bits per heavy atom. The average Bonchev–Trinajstić information content (AvgIpc) is 2.55. The summed E-state index contributed by atoms with van der Waals surface area (Å²) in [5, 5.41) is 25.1. The molecule has 10 heteroatoms. The zero-order chi connectivity index (χ0) is 18.6. The first kappa shape index (κ1) is 18.0. The van der Waals surface area contributed by atoms with Crippen LogP contribution in [0.3, 0.4) is 0 Å². The summed E-state index contributed by atoms with van der Waals surface area (Å²) in [6, 6.07) is 7.91. The number of benzene rings is 2. The van der Waals surface area contributed by atoms with Crippen molar-refractivity contribution in [2.75, 3.05) is 0 Å². The topological polar surface area (TPSA) is 128 Å². The zero-order valence-electron chi connectivity index (χ0n) is 12.8. The maximum atomic E-state index is 12.0. The van der Waals surface area contributed by atoms with Crippen LogP contribution in [0.4, 0.5) is 11.4 Å². The average molecular weight is 363 g/mol. The van der Waals surface area contributed by atoms with Gasteiger partial charge in [-0.1, -0.05) is 23.7 Å². The van der Waals surface area contributed by atoms with Crippen LogP contribution in [-0.4, -0.2) is 22.0 Å². The number of nitro benzene ring substituents is 2. The summed E-state index contributed by atoms with van der Waals surface area (Å²) in [5.41, 5.74) is 2.85. The van der Waals surface area contributed by atoms with Crippen molar-refractivity contribution in [3.05, 3.63) is 78.3 Å². The van der Waals surface area contributed by atoms with Gasteiger partial charge in [0.1, 0.15) is 0 Å². The smallest absolute Gasteiger partial charge is 0.267 e. The molecule has 0 bridgehead atoms. The number of hydrogen-bond donors (Lipinski definition) is 1. The Balaban J connectivity index is 2.12. The summed E-state index contributed by atoms with van der Waals surface area (Å²) in [6.07, 6.45) is 1.24. The predicted octanol–water partition coefficient (Wildman–Crippen LogP) is 3.23. The summed E-state index contributed by atoms with van der Waals surface area (Å²) in [6.45, 7) is 1.61. The van der Waals surface area contributed by atoms with E-state index in [-0.39, 0.29) is 22.0 Å². The Hall–Kier alpha value is -3.33. The maximum Gasteiger partial charge on any atom is 0.272 e. The van der Waals surface area contributed by atoms with E-state index in [0.717, 1.165) is 12.1 Å². The van der Waals surface area contributed by atoms with Crippen molar-refractivity contribution in [3.8, 4) is 0 Å². The predicted molar refractivity (Wildman–Crippen MR) is 91.0 cm³/mol. The van der Waals surface area contributed by atoms with Gasteiger partial charge in [0.05, 0.1) is 26.6 Å². The highest BCUT2D eigenvalue weighted by Crippen LogP contribution is 2.22. The van der Waals surface area contributed by atoms with E-state index in [2.05, 4.69) is 10.5 Å². The largest absolute Gasteiger partial charge is 0.272 e. The number of nitrogens with one attached hydrogen (secondary N) is 1. The molecule has 0 aliphatic rings. The third-order valence-corrected chi connectivity index (χ3v) is 3.53. The van der Waals surface area contributed by atoms with E-state index in [1.165, 1.54) is 18.3 Å². The van der Waals surface area contributed by atoms with Gasteiger partial charge >= 0.3 is 0 Å². The van der Waals surface area contributed by atoms with Gasteiger partial charge in [-0.25, -0.2) is 5.43 Å². The second-order valence-electron chi connectivity index (χ2n) is 4.92. The molecule has 0 heterocycles. The van der Waals surface area contributed by atoms with Crippen molar-refractivity contribution < 1.29 is 14.6 Å². The van der Waals surface area contributed by atoms with Gasteiger partial charge in [0.15, 0.2) is 0 Å². The molecule has 0 aromatic heterocycles. The maximum absolute atomic E-state index is 12.0. The molecule has 0 saturated carbocycles. The third-order valence-electron chi connectivity index (χ3n) is 3.22. The summed E-state index contributed by atoms with van der Waals surface area (Å²) >= 11 is 5.85. The van der Waals surface area contributed by atoms with Gasteiger partial charge < -0.3 is 0 Å². The first-order valence-corrected chi connectivity index (χ1v) is 7.20. The number of hydrazone groups is 1. The summed E-state index contributed by atoms with van der Waals surface area (Å²) in [5.74, 6) is -0.669. The van der Waals surface area contributed by atoms with Crippen molar-refractivity contribution in [2.45, 2.75) is 6.92 Å². The van der Waals surface area contributed by atoms with Gasteiger partial charge in [-0.05, 0) is 13.0 Å². The molecule has 25 heavy (non-hydrogen) atoms. The molecule has 0 fully saturated rings. The summed E-state index contributed by atoms with van der Waals surface area (Å²) < 4.78 is 0. The van der Waals surface area contributed by atoms with E-state index in [0.29, 0.717) is 11.1 Å². The molecule has 2 rings (SSSR count). The van der Waals surface area contributed by atoms with E-state index in [1.807, 2.05) is 0 Å². The molecule has 0 saturated heterocycles. The highest BCUT2D eigenvalue weighted by molar-refractivity contribution is 6.34. The molecule has 0 atom stereocenters. The fourth-order valence-electron chi connectivity index (χ4n) is 1.93. The number of carbonyl (C=O) groups excluding carboxylic acids is 1. The number of amides is 1. The van der Waals surface area contributed by atoms with E-state index >= 15 is 0 Å². The lowest BCUT2D eigenvalue weighted by Crippen LogP contribution is -2.18. The molecule has 0 radical (unpaired) electrons. The lowest BCUT2D eigenvalue weighted by molar-refractivity contribution is -0.385. The second kappa shape index (κ2) is 7.49. The van der Waals surface area contributed by atoms with Crippen LogP contribution in [0.15, 0.2) is 41.5 Å². The number of non-ortho nitro benzene ring substituents is 1. The standard InChI is InChI=1S/C15H11ClN4O5/c1-9-2-3-10(6-14(9)20(24)25)8-17-18-15(21)12-5-4-11(19(22)23)7-13(12)16/h2-8H,1H3,(H,18,21). The molecule has 0 spiro atoms. The van der Waals surface area contributed by atoms with E-state index < -0.39 is 15.8 Å². The first-order valence-electron chi connectivity index (χ1n) is 6.82. The molecule has 0 aliphatic carbocycles. The molecular weight excluding hydrogens is 352 g/mol. The van der Waals surface area contributed by atoms with Crippen LogP contribution in [0.1, 0.15) is 21.5 Å². The normalized spacial score (nSPS) is 10.6. The van der Waals surface area contributed by atoms with Crippen molar-refractivity contribution in [1.29, 1.82) is 0 Å². The van der Waals surface area contributed by atoms with Gasteiger partial charge in [0, 0.05) is 29.3 Å². The number of aryl methyl sites for hydroxylation is 1. The Kier molecular flexibility index (Phi) is 5.40. The van der Waals surface area contributed by atoms with Gasteiger partial charge in [-0.3, -0.25) is 25.0 Å². The Morgan fingerprint density at radius 2 is 1.88 bits per heavy atom. The molecule has 1 N–H and O–H groups in total. The Morgan fingerprint density at radius 1 is 1.16 bits per heavy atom. The minimum Gasteiger partial charge on any atom is -0.267 e. The number of nitro groups is 2. The van der Waals surface area contributed by atoms with Gasteiger partial charge in [-0.2, -0.15) is 5.10 Å².